The molecule has 2 saturated carbocycles. The summed E-state index contributed by atoms with van der Waals surface area (Å²) in [7, 11) is 0. The van der Waals surface area contributed by atoms with Gasteiger partial charge in [0.05, 0.1) is 5.41 Å². The van der Waals surface area contributed by atoms with Crippen LogP contribution < -0.4 is 0 Å². The standard InChI is InChI=1S/C15H22O4/c1-2-13(8-9-14-15(10-13,18-14)19-14)12(16)17-11-6-4-3-5-7-11/h11H,2-10H2,1H3. The summed E-state index contributed by atoms with van der Waals surface area (Å²) < 4.78 is 17.0. The van der Waals surface area contributed by atoms with E-state index in [9.17, 15) is 4.79 Å². The topological polar surface area (TPSA) is 51.4 Å². The number of esters is 1. The Morgan fingerprint density at radius 2 is 1.89 bits per heavy atom. The molecular formula is C15H22O4. The van der Waals surface area contributed by atoms with E-state index >= 15 is 0 Å². The van der Waals surface area contributed by atoms with Gasteiger partial charge in [-0.3, -0.25) is 4.79 Å². The van der Waals surface area contributed by atoms with Crippen molar-refractivity contribution in [2.45, 2.75) is 82.4 Å². The first kappa shape index (κ1) is 12.2. The van der Waals surface area contributed by atoms with E-state index in [4.69, 9.17) is 14.2 Å². The Labute approximate surface area is 113 Å². The third-order valence-electron chi connectivity index (χ3n) is 5.60. The molecule has 106 valence electrons. The van der Waals surface area contributed by atoms with Gasteiger partial charge in [0.25, 0.3) is 0 Å². The molecule has 1 atom stereocenters. The van der Waals surface area contributed by atoms with E-state index in [1.54, 1.807) is 0 Å². The number of carbonyl (C=O) groups excluding carboxylic acids is 1. The van der Waals surface area contributed by atoms with E-state index in [-0.39, 0.29) is 23.3 Å². The summed E-state index contributed by atoms with van der Waals surface area (Å²) in [5, 5.41) is 0. The van der Waals surface area contributed by atoms with Gasteiger partial charge in [-0.1, -0.05) is 13.3 Å². The third-order valence-corrected chi connectivity index (χ3v) is 5.60. The Morgan fingerprint density at radius 1 is 1.16 bits per heavy atom. The minimum atomic E-state index is -0.396. The van der Waals surface area contributed by atoms with E-state index in [0.29, 0.717) is 6.42 Å². The van der Waals surface area contributed by atoms with Gasteiger partial charge in [-0.05, 0) is 38.5 Å². The fourth-order valence-corrected chi connectivity index (χ4v) is 4.01. The third kappa shape index (κ3) is 1.62. The van der Waals surface area contributed by atoms with Gasteiger partial charge >= 0.3 is 5.97 Å². The van der Waals surface area contributed by atoms with Crippen LogP contribution in [0.2, 0.25) is 0 Å². The average molecular weight is 266 g/mol. The van der Waals surface area contributed by atoms with Crippen LogP contribution in [0.1, 0.15) is 64.7 Å². The van der Waals surface area contributed by atoms with Crippen molar-refractivity contribution in [1.29, 1.82) is 0 Å². The van der Waals surface area contributed by atoms with Crippen LogP contribution in [0.4, 0.5) is 0 Å². The second-order valence-electron chi connectivity index (χ2n) is 6.69. The lowest BCUT2D eigenvalue weighted by atomic mass is 9.72. The molecule has 1 unspecified atom stereocenters. The average Bonchev–Trinajstić information content (AvgIpc) is 3.25. The smallest absolute Gasteiger partial charge is 0.312 e. The molecule has 2 aliphatic heterocycles. The van der Waals surface area contributed by atoms with Crippen LogP contribution in [-0.2, 0) is 19.0 Å². The maximum atomic E-state index is 12.6. The van der Waals surface area contributed by atoms with Gasteiger partial charge in [0.2, 0.25) is 11.6 Å². The molecule has 4 nitrogen and oxygen atoms in total. The lowest BCUT2D eigenvalue weighted by Gasteiger charge is -2.33. The van der Waals surface area contributed by atoms with Crippen molar-refractivity contribution in [3.8, 4) is 0 Å². The Bertz CT molecular complexity index is 406. The molecule has 0 aromatic heterocycles. The number of hydrogen-bond donors (Lipinski definition) is 0. The van der Waals surface area contributed by atoms with Crippen molar-refractivity contribution in [2.75, 3.05) is 0 Å². The number of rotatable bonds is 3. The first-order valence-corrected chi connectivity index (χ1v) is 7.75. The monoisotopic (exact) mass is 266 g/mol. The maximum absolute atomic E-state index is 12.6. The molecule has 0 N–H and O–H groups in total. The van der Waals surface area contributed by atoms with Crippen LogP contribution in [0.5, 0.6) is 0 Å². The number of epoxide rings is 2. The van der Waals surface area contributed by atoms with Crippen LogP contribution in [-0.4, -0.2) is 23.6 Å². The van der Waals surface area contributed by atoms with Gasteiger partial charge in [-0.2, -0.15) is 0 Å². The van der Waals surface area contributed by atoms with Crippen molar-refractivity contribution in [1.82, 2.24) is 0 Å². The number of carbonyl (C=O) groups is 1. The zero-order valence-corrected chi connectivity index (χ0v) is 11.6. The summed E-state index contributed by atoms with van der Waals surface area (Å²) in [5.41, 5.74) is -0.367. The molecular weight excluding hydrogens is 244 g/mol. The van der Waals surface area contributed by atoms with Crippen molar-refractivity contribution < 1.29 is 19.0 Å². The quantitative estimate of drug-likeness (QED) is 0.582. The number of hydrogen-bond acceptors (Lipinski definition) is 4. The highest BCUT2D eigenvalue weighted by molar-refractivity contribution is 5.78. The zero-order chi connectivity index (χ0) is 13.1. The lowest BCUT2D eigenvalue weighted by molar-refractivity contribution is -0.167. The minimum absolute atomic E-state index is 0.00382. The van der Waals surface area contributed by atoms with E-state index in [0.717, 1.165) is 32.1 Å². The molecule has 4 aliphatic rings. The highest BCUT2D eigenvalue weighted by atomic mass is 17.0. The summed E-state index contributed by atoms with van der Waals surface area (Å²) in [5.74, 6) is -0.681. The zero-order valence-electron chi connectivity index (χ0n) is 11.6. The highest BCUT2D eigenvalue weighted by Crippen LogP contribution is 2.77. The molecule has 19 heavy (non-hydrogen) atoms. The predicted molar refractivity (Wildman–Crippen MR) is 67.2 cm³/mol. The summed E-state index contributed by atoms with van der Waals surface area (Å²) >= 11 is 0. The van der Waals surface area contributed by atoms with Crippen molar-refractivity contribution >= 4 is 5.97 Å². The van der Waals surface area contributed by atoms with E-state index in [2.05, 4.69) is 6.92 Å². The summed E-state index contributed by atoms with van der Waals surface area (Å²) in [6.45, 7) is 2.08. The molecule has 4 heteroatoms. The first-order valence-electron chi connectivity index (χ1n) is 7.75. The highest BCUT2D eigenvalue weighted by Gasteiger charge is 2.93. The maximum Gasteiger partial charge on any atom is 0.312 e. The van der Waals surface area contributed by atoms with Crippen LogP contribution in [0.25, 0.3) is 0 Å². The lowest BCUT2D eigenvalue weighted by Crippen LogP contribution is -2.39. The van der Waals surface area contributed by atoms with Gasteiger partial charge in [0.1, 0.15) is 6.10 Å². The second kappa shape index (κ2) is 3.73. The summed E-state index contributed by atoms with van der Waals surface area (Å²) in [4.78, 5) is 12.6. The first-order chi connectivity index (χ1) is 9.14. The van der Waals surface area contributed by atoms with Crippen molar-refractivity contribution in [2.24, 2.45) is 5.41 Å². The van der Waals surface area contributed by atoms with Gasteiger partial charge in [0.15, 0.2) is 0 Å². The molecule has 0 spiro atoms. The van der Waals surface area contributed by atoms with Gasteiger partial charge < -0.3 is 14.2 Å². The largest absolute Gasteiger partial charge is 0.462 e. The van der Waals surface area contributed by atoms with Crippen molar-refractivity contribution in [3.05, 3.63) is 0 Å². The van der Waals surface area contributed by atoms with Crippen LogP contribution in [0.15, 0.2) is 0 Å². The Morgan fingerprint density at radius 3 is 2.53 bits per heavy atom. The normalized spacial score (nSPS) is 48.1. The molecule has 0 amide bonds. The minimum Gasteiger partial charge on any atom is -0.462 e. The van der Waals surface area contributed by atoms with Crippen LogP contribution in [0, 0.1) is 5.41 Å². The fourth-order valence-electron chi connectivity index (χ4n) is 4.01. The van der Waals surface area contributed by atoms with E-state index < -0.39 is 5.79 Å². The molecule has 0 aromatic carbocycles. The van der Waals surface area contributed by atoms with Crippen LogP contribution >= 0.6 is 0 Å². The molecule has 0 radical (unpaired) electrons. The Balaban J connectivity index is 1.44. The molecule has 4 rings (SSSR count). The molecule has 0 bridgehead atoms. The summed E-state index contributed by atoms with van der Waals surface area (Å²) in [6.07, 6.45) is 9.09. The van der Waals surface area contributed by atoms with Gasteiger partial charge in [-0.15, -0.1) is 0 Å². The Kier molecular flexibility index (Phi) is 2.39. The van der Waals surface area contributed by atoms with Gasteiger partial charge in [0, 0.05) is 12.8 Å². The molecule has 2 saturated heterocycles. The second-order valence-corrected chi connectivity index (χ2v) is 6.69. The summed E-state index contributed by atoms with van der Waals surface area (Å²) in [6, 6.07) is 0. The van der Waals surface area contributed by atoms with Crippen LogP contribution in [0.3, 0.4) is 0 Å². The molecule has 2 aliphatic carbocycles. The number of ether oxygens (including phenoxy) is 3. The van der Waals surface area contributed by atoms with Crippen molar-refractivity contribution in [3.63, 3.8) is 0 Å². The SMILES string of the molecule is CCC1(C(=O)OC2CCCCC2)CCC23OC2(C1)O3. The van der Waals surface area contributed by atoms with E-state index in [1.165, 1.54) is 19.3 Å². The fraction of sp³-hybridized carbons (Fsp3) is 0.933. The Hall–Kier alpha value is -0.610. The molecule has 0 aromatic rings. The molecule has 2 heterocycles. The van der Waals surface area contributed by atoms with Gasteiger partial charge in [-0.25, -0.2) is 0 Å². The van der Waals surface area contributed by atoms with E-state index in [1.807, 2.05) is 0 Å². The molecule has 4 fully saturated rings. The predicted octanol–water partition coefficient (Wildman–Crippen LogP) is 2.90.